The summed E-state index contributed by atoms with van der Waals surface area (Å²) in [4.78, 5) is 14.9. The molecule has 1 amide bonds. The molecule has 5 nitrogen and oxygen atoms in total. The number of amides is 1. The van der Waals surface area contributed by atoms with Gasteiger partial charge in [-0.2, -0.15) is 0 Å². The first-order valence-electron chi connectivity index (χ1n) is 9.42. The molecule has 0 N–H and O–H groups in total. The Hall–Kier alpha value is -2.80. The summed E-state index contributed by atoms with van der Waals surface area (Å²) in [7, 11) is 0. The maximum atomic E-state index is 13.3. The number of halogens is 3. The zero-order chi connectivity index (χ0) is 20.4. The number of piperidine rings is 1. The van der Waals surface area contributed by atoms with Gasteiger partial charge in [0.2, 0.25) is 0 Å². The van der Waals surface area contributed by atoms with Crippen LogP contribution in [0.25, 0.3) is 0 Å². The van der Waals surface area contributed by atoms with Crippen molar-refractivity contribution < 1.29 is 13.6 Å². The van der Waals surface area contributed by atoms with Crippen molar-refractivity contribution in [1.82, 2.24) is 19.9 Å². The van der Waals surface area contributed by atoms with Crippen LogP contribution in [0.2, 0.25) is 5.02 Å². The van der Waals surface area contributed by atoms with Crippen LogP contribution in [-0.4, -0.2) is 32.3 Å². The number of benzene rings is 2. The first-order valence-corrected chi connectivity index (χ1v) is 9.79. The number of rotatable bonds is 4. The van der Waals surface area contributed by atoms with Crippen molar-refractivity contribution in [1.29, 1.82) is 0 Å². The van der Waals surface area contributed by atoms with Crippen LogP contribution in [0.1, 0.15) is 46.9 Å². The molecular weight excluding hydrogens is 398 g/mol. The predicted octanol–water partition coefficient (Wildman–Crippen LogP) is 4.63. The van der Waals surface area contributed by atoms with Gasteiger partial charge in [0.05, 0.1) is 18.8 Å². The maximum absolute atomic E-state index is 13.3. The normalized spacial score (nSPS) is 16.8. The second kappa shape index (κ2) is 8.29. The topological polar surface area (TPSA) is 51.0 Å². The second-order valence-corrected chi connectivity index (χ2v) is 7.51. The predicted molar refractivity (Wildman–Crippen MR) is 105 cm³/mol. The van der Waals surface area contributed by atoms with E-state index in [1.54, 1.807) is 29.3 Å². The van der Waals surface area contributed by atoms with E-state index in [0.29, 0.717) is 17.1 Å². The van der Waals surface area contributed by atoms with E-state index in [9.17, 15) is 13.6 Å². The lowest BCUT2D eigenvalue weighted by Crippen LogP contribution is -2.38. The number of hydrogen-bond donors (Lipinski definition) is 0. The summed E-state index contributed by atoms with van der Waals surface area (Å²) in [6.45, 7) is 0.887. The molecule has 1 aliphatic rings. The first-order chi connectivity index (χ1) is 14.0. The number of nitrogens with zero attached hydrogens (tertiary/aromatic N) is 4. The van der Waals surface area contributed by atoms with Crippen LogP contribution < -0.4 is 0 Å². The maximum Gasteiger partial charge on any atom is 0.276 e. The minimum atomic E-state index is -0.412. The molecule has 29 heavy (non-hydrogen) atoms. The molecule has 0 saturated carbocycles. The monoisotopic (exact) mass is 416 g/mol. The van der Waals surface area contributed by atoms with Gasteiger partial charge in [-0.25, -0.2) is 13.5 Å². The molecule has 3 aromatic rings. The Morgan fingerprint density at radius 1 is 1.10 bits per heavy atom. The molecule has 0 aliphatic carbocycles. The van der Waals surface area contributed by atoms with Crippen LogP contribution in [-0.2, 0) is 6.54 Å². The Kier molecular flexibility index (Phi) is 5.58. The lowest BCUT2D eigenvalue weighted by Gasteiger charge is -2.35. The summed E-state index contributed by atoms with van der Waals surface area (Å²) in [5, 5.41) is 8.33. The van der Waals surface area contributed by atoms with Crippen molar-refractivity contribution in [3.63, 3.8) is 0 Å². The lowest BCUT2D eigenvalue weighted by atomic mass is 9.95. The Morgan fingerprint density at radius 3 is 2.62 bits per heavy atom. The van der Waals surface area contributed by atoms with Crippen molar-refractivity contribution in [3.05, 3.63) is 82.1 Å². The standard InChI is InChI=1S/C21H19ClF2N4O/c22-18-11-17(24)9-6-15(18)12-27-13-19(25-26-27)21(29)28-10-2-1-3-20(28)14-4-7-16(23)8-5-14/h4-9,11,13,20H,1-3,10,12H2/t20-/m1/s1. The summed E-state index contributed by atoms with van der Waals surface area (Å²) >= 11 is 6.07. The van der Waals surface area contributed by atoms with E-state index in [0.717, 1.165) is 24.8 Å². The Balaban J connectivity index is 1.53. The molecule has 4 rings (SSSR count). The molecule has 0 bridgehead atoms. The average molecular weight is 417 g/mol. The van der Waals surface area contributed by atoms with Crippen molar-refractivity contribution in [2.24, 2.45) is 0 Å². The summed E-state index contributed by atoms with van der Waals surface area (Å²) in [6, 6.07) is 10.3. The summed E-state index contributed by atoms with van der Waals surface area (Å²) < 4.78 is 28.0. The second-order valence-electron chi connectivity index (χ2n) is 7.10. The molecule has 1 saturated heterocycles. The average Bonchev–Trinajstić information content (AvgIpc) is 3.19. The van der Waals surface area contributed by atoms with Crippen molar-refractivity contribution in [2.75, 3.05) is 6.54 Å². The van der Waals surface area contributed by atoms with Gasteiger partial charge in [-0.3, -0.25) is 4.79 Å². The van der Waals surface area contributed by atoms with Gasteiger partial charge in [0.1, 0.15) is 11.6 Å². The molecule has 2 heterocycles. The molecule has 1 aliphatic heterocycles. The molecule has 0 radical (unpaired) electrons. The van der Waals surface area contributed by atoms with Gasteiger partial charge in [-0.05, 0) is 54.7 Å². The highest BCUT2D eigenvalue weighted by molar-refractivity contribution is 6.31. The lowest BCUT2D eigenvalue weighted by molar-refractivity contribution is 0.0605. The highest BCUT2D eigenvalue weighted by Gasteiger charge is 2.30. The molecule has 1 fully saturated rings. The minimum absolute atomic E-state index is 0.117. The molecule has 8 heteroatoms. The minimum Gasteiger partial charge on any atom is -0.330 e. The Labute approximate surface area is 171 Å². The highest BCUT2D eigenvalue weighted by Crippen LogP contribution is 2.32. The first kappa shape index (κ1) is 19.5. The third-order valence-corrected chi connectivity index (χ3v) is 5.48. The van der Waals surface area contributed by atoms with Gasteiger partial charge in [-0.15, -0.1) is 5.10 Å². The van der Waals surface area contributed by atoms with Gasteiger partial charge in [0, 0.05) is 11.6 Å². The van der Waals surface area contributed by atoms with Crippen molar-refractivity contribution in [3.8, 4) is 0 Å². The molecule has 0 spiro atoms. The van der Waals surface area contributed by atoms with Crippen molar-refractivity contribution in [2.45, 2.75) is 31.8 Å². The fourth-order valence-corrected chi connectivity index (χ4v) is 3.88. The number of likely N-dealkylation sites (tertiary alicyclic amines) is 1. The summed E-state index contributed by atoms with van der Waals surface area (Å²) in [5.41, 5.74) is 1.82. The summed E-state index contributed by atoms with van der Waals surface area (Å²) in [5.74, 6) is -0.926. The number of aromatic nitrogens is 3. The largest absolute Gasteiger partial charge is 0.330 e. The van der Waals surface area contributed by atoms with E-state index < -0.39 is 5.82 Å². The molecular formula is C21H19ClF2N4O. The molecule has 0 unspecified atom stereocenters. The van der Waals surface area contributed by atoms with E-state index in [1.807, 2.05) is 0 Å². The fourth-order valence-electron chi connectivity index (χ4n) is 3.65. The molecule has 1 aromatic heterocycles. The summed E-state index contributed by atoms with van der Waals surface area (Å²) in [6.07, 6.45) is 4.29. The number of carbonyl (C=O) groups is 1. The van der Waals surface area contributed by atoms with E-state index in [-0.39, 0.29) is 30.0 Å². The third kappa shape index (κ3) is 4.29. The Morgan fingerprint density at radius 2 is 1.86 bits per heavy atom. The molecule has 1 atom stereocenters. The van der Waals surface area contributed by atoms with Gasteiger partial charge in [0.15, 0.2) is 5.69 Å². The van der Waals surface area contributed by atoms with E-state index in [4.69, 9.17) is 11.6 Å². The van der Waals surface area contributed by atoms with E-state index in [2.05, 4.69) is 10.3 Å². The fraction of sp³-hybridized carbons (Fsp3) is 0.286. The zero-order valence-corrected chi connectivity index (χ0v) is 16.3. The van der Waals surface area contributed by atoms with Crippen LogP contribution in [0.15, 0.2) is 48.7 Å². The van der Waals surface area contributed by atoms with Crippen molar-refractivity contribution >= 4 is 17.5 Å². The molecule has 150 valence electrons. The van der Waals surface area contributed by atoms with E-state index in [1.165, 1.54) is 28.9 Å². The highest BCUT2D eigenvalue weighted by atomic mass is 35.5. The van der Waals surface area contributed by atoms with Gasteiger partial charge in [-0.1, -0.05) is 35.0 Å². The van der Waals surface area contributed by atoms with Crippen LogP contribution in [0.3, 0.4) is 0 Å². The number of carbonyl (C=O) groups excluding carboxylic acids is 1. The quantitative estimate of drug-likeness (QED) is 0.623. The zero-order valence-electron chi connectivity index (χ0n) is 15.6. The van der Waals surface area contributed by atoms with Crippen LogP contribution in [0.4, 0.5) is 8.78 Å². The van der Waals surface area contributed by atoms with Crippen LogP contribution in [0.5, 0.6) is 0 Å². The van der Waals surface area contributed by atoms with E-state index >= 15 is 0 Å². The van der Waals surface area contributed by atoms with Gasteiger partial charge >= 0.3 is 0 Å². The SMILES string of the molecule is O=C(c1cn(Cc2ccc(F)cc2Cl)nn1)N1CCCC[C@@H]1c1ccc(F)cc1. The smallest absolute Gasteiger partial charge is 0.276 e. The Bertz CT molecular complexity index is 1020. The van der Waals surface area contributed by atoms with Gasteiger partial charge < -0.3 is 4.90 Å². The van der Waals surface area contributed by atoms with Crippen LogP contribution in [0, 0.1) is 11.6 Å². The van der Waals surface area contributed by atoms with Crippen LogP contribution >= 0.6 is 11.6 Å². The molecule has 2 aromatic carbocycles. The third-order valence-electron chi connectivity index (χ3n) is 5.12. The number of hydrogen-bond acceptors (Lipinski definition) is 3. The van der Waals surface area contributed by atoms with Gasteiger partial charge in [0.25, 0.3) is 5.91 Å².